The van der Waals surface area contributed by atoms with Crippen molar-refractivity contribution < 1.29 is 24.5 Å². The Labute approximate surface area is 411 Å². The van der Waals surface area contributed by atoms with Gasteiger partial charge in [-0.25, -0.2) is 0 Å². The minimum absolute atomic E-state index is 0.0304. The maximum absolute atomic E-state index is 12.4. The van der Waals surface area contributed by atoms with E-state index < -0.39 is 12.1 Å². The van der Waals surface area contributed by atoms with E-state index in [1.165, 1.54) is 238 Å². The van der Waals surface area contributed by atoms with Gasteiger partial charge in [0.1, 0.15) is 0 Å². The van der Waals surface area contributed by atoms with E-state index in [2.05, 4.69) is 43.5 Å². The van der Waals surface area contributed by atoms with Gasteiger partial charge in [0.05, 0.1) is 25.4 Å². The fraction of sp³-hybridized carbons (Fsp3) is 0.900. The number of aliphatic hydroxyl groups is 2. The van der Waals surface area contributed by atoms with Crippen molar-refractivity contribution in [2.45, 2.75) is 334 Å². The third-order valence-corrected chi connectivity index (χ3v) is 13.8. The molecule has 3 N–H and O–H groups in total. The Balaban J connectivity index is 3.40. The van der Waals surface area contributed by atoms with Crippen LogP contribution < -0.4 is 5.32 Å². The van der Waals surface area contributed by atoms with Gasteiger partial charge >= 0.3 is 5.97 Å². The van der Waals surface area contributed by atoms with E-state index in [0.29, 0.717) is 25.9 Å². The van der Waals surface area contributed by atoms with Crippen LogP contribution in [0.15, 0.2) is 24.3 Å². The maximum atomic E-state index is 12.4. The Morgan fingerprint density at radius 1 is 0.424 bits per heavy atom. The lowest BCUT2D eigenvalue weighted by molar-refractivity contribution is -0.143. The minimum Gasteiger partial charge on any atom is -0.465 e. The molecule has 0 aromatic rings. The van der Waals surface area contributed by atoms with Crippen LogP contribution in [-0.2, 0) is 14.3 Å². The van der Waals surface area contributed by atoms with Crippen LogP contribution in [0.5, 0.6) is 0 Å². The smallest absolute Gasteiger partial charge is 0.305 e. The lowest BCUT2D eigenvalue weighted by atomic mass is 10.0. The predicted octanol–water partition coefficient (Wildman–Crippen LogP) is 18.2. The van der Waals surface area contributed by atoms with Crippen LogP contribution in [-0.4, -0.2) is 47.4 Å². The average Bonchev–Trinajstić information content (AvgIpc) is 3.32. The van der Waals surface area contributed by atoms with Crippen molar-refractivity contribution in [3.05, 3.63) is 24.3 Å². The normalized spacial score (nSPS) is 12.7. The fourth-order valence-electron chi connectivity index (χ4n) is 9.24. The summed E-state index contributed by atoms with van der Waals surface area (Å²) in [5, 5.41) is 23.1. The van der Waals surface area contributed by atoms with Crippen LogP contribution in [0.3, 0.4) is 0 Å². The molecule has 0 aromatic carbocycles. The third-order valence-electron chi connectivity index (χ3n) is 13.8. The van der Waals surface area contributed by atoms with Gasteiger partial charge < -0.3 is 20.3 Å². The Hall–Kier alpha value is -1.66. The number of allylic oxidation sites excluding steroid dienone is 3. The van der Waals surface area contributed by atoms with Crippen LogP contribution in [0, 0.1) is 0 Å². The summed E-state index contributed by atoms with van der Waals surface area (Å²) in [7, 11) is 0. The number of carbonyl (C=O) groups is 2. The molecule has 0 heterocycles. The molecule has 0 rings (SSSR count). The third kappa shape index (κ3) is 51.7. The van der Waals surface area contributed by atoms with E-state index in [1.807, 2.05) is 0 Å². The maximum Gasteiger partial charge on any atom is 0.305 e. The van der Waals surface area contributed by atoms with Gasteiger partial charge in [-0.3, -0.25) is 9.59 Å². The van der Waals surface area contributed by atoms with Gasteiger partial charge in [0, 0.05) is 12.8 Å². The second-order valence-electron chi connectivity index (χ2n) is 20.3. The first-order valence-corrected chi connectivity index (χ1v) is 29.6. The number of hydrogen-bond donors (Lipinski definition) is 3. The van der Waals surface area contributed by atoms with Crippen molar-refractivity contribution in [3.8, 4) is 0 Å². The van der Waals surface area contributed by atoms with Crippen LogP contribution in [0.1, 0.15) is 322 Å². The molecule has 0 aromatic heterocycles. The number of hydrogen-bond acceptors (Lipinski definition) is 5. The van der Waals surface area contributed by atoms with Crippen molar-refractivity contribution in [1.82, 2.24) is 5.32 Å². The zero-order chi connectivity index (χ0) is 47.9. The Morgan fingerprint density at radius 3 is 1.15 bits per heavy atom. The number of amides is 1. The highest BCUT2D eigenvalue weighted by Gasteiger charge is 2.20. The first-order chi connectivity index (χ1) is 32.5. The summed E-state index contributed by atoms with van der Waals surface area (Å²) in [5.74, 6) is -0.0720. The SMILES string of the molecule is CCCCCCCCCCCCCCCCCCCCCC(=O)OCC/C=C\C/C=C\CCCCCCCCCCCCCCCCC(=O)NC(CO)C(O)CCCCCCCCCCC. The van der Waals surface area contributed by atoms with Gasteiger partial charge in [0.2, 0.25) is 5.91 Å². The minimum atomic E-state index is -0.665. The highest BCUT2D eigenvalue weighted by atomic mass is 16.5. The molecule has 6 nitrogen and oxygen atoms in total. The van der Waals surface area contributed by atoms with Crippen LogP contribution in [0.2, 0.25) is 0 Å². The number of ether oxygens (including phenoxy) is 1. The summed E-state index contributed by atoms with van der Waals surface area (Å²) < 4.78 is 5.43. The van der Waals surface area contributed by atoms with E-state index in [9.17, 15) is 19.8 Å². The summed E-state index contributed by atoms with van der Waals surface area (Å²) >= 11 is 0. The Kier molecular flexibility index (Phi) is 54.5. The van der Waals surface area contributed by atoms with Gasteiger partial charge in [-0.05, 0) is 44.9 Å². The monoisotopic (exact) mass is 930 g/mol. The molecule has 0 aliphatic heterocycles. The number of carbonyl (C=O) groups excluding carboxylic acids is 2. The zero-order valence-corrected chi connectivity index (χ0v) is 44.4. The highest BCUT2D eigenvalue weighted by molar-refractivity contribution is 5.76. The lowest BCUT2D eigenvalue weighted by Crippen LogP contribution is -2.45. The summed E-state index contributed by atoms with van der Waals surface area (Å²) in [6.45, 7) is 4.84. The van der Waals surface area contributed by atoms with Gasteiger partial charge in [0.25, 0.3) is 0 Å². The van der Waals surface area contributed by atoms with E-state index in [1.54, 1.807) is 0 Å². The number of rotatable bonds is 55. The summed E-state index contributed by atoms with van der Waals surface area (Å²) in [6, 6.07) is -0.543. The average molecular weight is 931 g/mol. The molecule has 0 bridgehead atoms. The predicted molar refractivity (Wildman–Crippen MR) is 287 cm³/mol. The Morgan fingerprint density at radius 2 is 0.758 bits per heavy atom. The van der Waals surface area contributed by atoms with Crippen LogP contribution in [0.25, 0.3) is 0 Å². The molecule has 0 spiro atoms. The Bertz CT molecular complexity index is 1030. The van der Waals surface area contributed by atoms with Crippen molar-refractivity contribution in [2.24, 2.45) is 0 Å². The highest BCUT2D eigenvalue weighted by Crippen LogP contribution is 2.17. The largest absolute Gasteiger partial charge is 0.465 e. The van der Waals surface area contributed by atoms with Gasteiger partial charge in [-0.15, -0.1) is 0 Å². The molecule has 0 saturated carbocycles. The quantitative estimate of drug-likeness (QED) is 0.0321. The zero-order valence-electron chi connectivity index (χ0n) is 44.4. The van der Waals surface area contributed by atoms with E-state index >= 15 is 0 Å². The van der Waals surface area contributed by atoms with Crippen LogP contribution >= 0.6 is 0 Å². The first-order valence-electron chi connectivity index (χ1n) is 29.6. The molecule has 0 aliphatic carbocycles. The molecule has 0 aliphatic rings. The summed E-state index contributed by atoms with van der Waals surface area (Å²) in [5.41, 5.74) is 0. The first kappa shape index (κ1) is 64.3. The van der Waals surface area contributed by atoms with Gasteiger partial charge in [-0.2, -0.15) is 0 Å². The molecule has 2 atom stereocenters. The summed E-state index contributed by atoms with van der Waals surface area (Å²) in [4.78, 5) is 24.5. The van der Waals surface area contributed by atoms with E-state index in [0.717, 1.165) is 51.4 Å². The summed E-state index contributed by atoms with van der Waals surface area (Å²) in [6.07, 6.45) is 67.8. The second kappa shape index (κ2) is 55.9. The molecule has 390 valence electrons. The van der Waals surface area contributed by atoms with Gasteiger partial charge in [-0.1, -0.05) is 289 Å². The van der Waals surface area contributed by atoms with Crippen molar-refractivity contribution in [1.29, 1.82) is 0 Å². The standard InChI is InChI=1S/C60H115NO5/c1-3-5-7-9-11-13-14-15-16-17-21-25-28-31-34-38-42-46-50-54-60(65)66-55-51-47-43-39-35-32-29-26-23-20-18-19-22-24-27-30-33-37-41-45-49-53-59(64)61-57(56-62)58(63)52-48-44-40-36-12-10-8-6-4-2/h32,35,43,47,57-58,62-63H,3-31,33-34,36-42,44-46,48-56H2,1-2H3,(H,61,64)/b35-32-,47-43-. The molecule has 6 heteroatoms. The number of nitrogens with one attached hydrogen (secondary N) is 1. The molecule has 0 radical (unpaired) electrons. The van der Waals surface area contributed by atoms with Crippen molar-refractivity contribution >= 4 is 11.9 Å². The topological polar surface area (TPSA) is 95.9 Å². The fourth-order valence-corrected chi connectivity index (χ4v) is 9.24. The molecular weight excluding hydrogens is 815 g/mol. The number of unbranched alkanes of at least 4 members (excludes halogenated alkanes) is 40. The van der Waals surface area contributed by atoms with E-state index in [4.69, 9.17) is 4.74 Å². The molecular formula is C60H115NO5. The van der Waals surface area contributed by atoms with E-state index in [-0.39, 0.29) is 18.5 Å². The van der Waals surface area contributed by atoms with Crippen molar-refractivity contribution in [2.75, 3.05) is 13.2 Å². The molecule has 2 unspecified atom stereocenters. The van der Waals surface area contributed by atoms with Crippen LogP contribution in [0.4, 0.5) is 0 Å². The lowest BCUT2D eigenvalue weighted by Gasteiger charge is -2.22. The number of aliphatic hydroxyl groups excluding tert-OH is 2. The van der Waals surface area contributed by atoms with Gasteiger partial charge in [0.15, 0.2) is 0 Å². The van der Waals surface area contributed by atoms with Crippen molar-refractivity contribution in [3.63, 3.8) is 0 Å². The molecule has 0 saturated heterocycles. The molecule has 1 amide bonds. The molecule has 66 heavy (non-hydrogen) atoms. The second-order valence-corrected chi connectivity index (χ2v) is 20.3. The number of esters is 1. The molecule has 0 fully saturated rings.